The molecule has 0 unspecified atom stereocenters. The predicted molar refractivity (Wildman–Crippen MR) is 121 cm³/mol. The number of para-hydroxylation sites is 1. The lowest BCUT2D eigenvalue weighted by atomic mass is 10.0. The van der Waals surface area contributed by atoms with E-state index in [9.17, 15) is 14.9 Å². The van der Waals surface area contributed by atoms with E-state index in [2.05, 4.69) is 15.5 Å². The minimum Gasteiger partial charge on any atom is -0.454 e. The van der Waals surface area contributed by atoms with Gasteiger partial charge in [-0.15, -0.1) is 0 Å². The summed E-state index contributed by atoms with van der Waals surface area (Å²) < 4.78 is 10.5. The molecule has 9 heteroatoms. The molecule has 9 nitrogen and oxygen atoms in total. The molecule has 1 amide bonds. The van der Waals surface area contributed by atoms with Crippen LogP contribution in [0.5, 0.6) is 11.5 Å². The summed E-state index contributed by atoms with van der Waals surface area (Å²) in [4.78, 5) is 28.5. The number of nitro groups is 1. The molecule has 0 saturated carbocycles. The first kappa shape index (κ1) is 20.1. The number of fused-ring (bicyclic) bond motifs is 2. The highest BCUT2D eigenvalue weighted by Crippen LogP contribution is 2.37. The molecule has 0 saturated heterocycles. The Morgan fingerprint density at radius 2 is 1.76 bits per heavy atom. The van der Waals surface area contributed by atoms with Crippen molar-refractivity contribution in [1.29, 1.82) is 0 Å². The van der Waals surface area contributed by atoms with Crippen LogP contribution >= 0.6 is 0 Å². The Kier molecular flexibility index (Phi) is 5.12. The minimum absolute atomic E-state index is 0.0112. The third-order valence-corrected chi connectivity index (χ3v) is 5.12. The standard InChI is InChI=1S/C24H16N4O5/c29-24(27-25-13-16-10-22-23(33-14-32-22)12-21(16)28(30)31)18-11-20(15-6-2-1-3-7-15)26-19-9-5-4-8-17(18)19/h1-13H,14H2,(H,27,29)/b25-13-. The number of rotatable bonds is 5. The van der Waals surface area contributed by atoms with Gasteiger partial charge in [-0.2, -0.15) is 5.10 Å². The number of carbonyl (C=O) groups excluding carboxylic acids is 1. The molecule has 0 spiro atoms. The number of carbonyl (C=O) groups is 1. The number of nitrogens with one attached hydrogen (secondary N) is 1. The summed E-state index contributed by atoms with van der Waals surface area (Å²) in [6, 6.07) is 21.3. The number of hydrogen-bond donors (Lipinski definition) is 1. The minimum atomic E-state index is -0.548. The summed E-state index contributed by atoms with van der Waals surface area (Å²) >= 11 is 0. The number of hydrazone groups is 1. The zero-order valence-corrected chi connectivity index (χ0v) is 17.1. The van der Waals surface area contributed by atoms with Crippen molar-refractivity contribution in [2.24, 2.45) is 5.10 Å². The van der Waals surface area contributed by atoms with Gasteiger partial charge in [0.15, 0.2) is 11.5 Å². The number of amides is 1. The summed E-state index contributed by atoms with van der Waals surface area (Å²) in [6.07, 6.45) is 1.21. The smallest absolute Gasteiger partial charge is 0.282 e. The van der Waals surface area contributed by atoms with Gasteiger partial charge in [-0.05, 0) is 18.2 Å². The molecule has 4 aromatic rings. The average molecular weight is 440 g/mol. The highest BCUT2D eigenvalue weighted by Gasteiger charge is 2.22. The second-order valence-electron chi connectivity index (χ2n) is 7.16. The van der Waals surface area contributed by atoms with Crippen molar-refractivity contribution in [2.75, 3.05) is 6.79 Å². The zero-order valence-electron chi connectivity index (χ0n) is 17.1. The van der Waals surface area contributed by atoms with Gasteiger partial charge in [-0.1, -0.05) is 48.5 Å². The first-order valence-electron chi connectivity index (χ1n) is 9.97. The van der Waals surface area contributed by atoms with E-state index in [-0.39, 0.29) is 18.0 Å². The third-order valence-electron chi connectivity index (χ3n) is 5.12. The van der Waals surface area contributed by atoms with Gasteiger partial charge in [0.25, 0.3) is 11.6 Å². The highest BCUT2D eigenvalue weighted by molar-refractivity contribution is 6.07. The van der Waals surface area contributed by atoms with Crippen LogP contribution in [0.4, 0.5) is 5.69 Å². The lowest BCUT2D eigenvalue weighted by Gasteiger charge is -2.09. The molecule has 33 heavy (non-hydrogen) atoms. The topological polar surface area (TPSA) is 116 Å². The molecule has 2 heterocycles. The van der Waals surface area contributed by atoms with Crippen LogP contribution < -0.4 is 14.9 Å². The van der Waals surface area contributed by atoms with Crippen LogP contribution in [0, 0.1) is 10.1 Å². The van der Waals surface area contributed by atoms with E-state index in [1.54, 1.807) is 12.1 Å². The van der Waals surface area contributed by atoms with Gasteiger partial charge in [-0.25, -0.2) is 10.4 Å². The summed E-state index contributed by atoms with van der Waals surface area (Å²) in [5.41, 5.74) is 5.00. The second kappa shape index (κ2) is 8.39. The van der Waals surface area contributed by atoms with Gasteiger partial charge in [0.1, 0.15) is 0 Å². The fourth-order valence-electron chi connectivity index (χ4n) is 3.55. The summed E-state index contributed by atoms with van der Waals surface area (Å²) in [5, 5.41) is 16.0. The molecule has 0 atom stereocenters. The Morgan fingerprint density at radius 3 is 2.55 bits per heavy atom. The van der Waals surface area contributed by atoms with Gasteiger partial charge in [0.05, 0.1) is 39.5 Å². The van der Waals surface area contributed by atoms with Crippen LogP contribution in [-0.4, -0.2) is 28.8 Å². The molecule has 0 aliphatic carbocycles. The summed E-state index contributed by atoms with van der Waals surface area (Å²) in [6.45, 7) is -0.0112. The third kappa shape index (κ3) is 3.94. The Morgan fingerprint density at radius 1 is 1.03 bits per heavy atom. The molecular weight excluding hydrogens is 424 g/mol. The molecule has 162 valence electrons. The fourth-order valence-corrected chi connectivity index (χ4v) is 3.55. The van der Waals surface area contributed by atoms with Crippen molar-refractivity contribution in [3.8, 4) is 22.8 Å². The van der Waals surface area contributed by atoms with Crippen molar-refractivity contribution in [1.82, 2.24) is 10.4 Å². The largest absolute Gasteiger partial charge is 0.454 e. The number of nitro benzene ring substituents is 1. The summed E-state index contributed by atoms with van der Waals surface area (Å²) in [5.74, 6) is 0.200. The first-order valence-corrected chi connectivity index (χ1v) is 9.97. The number of benzene rings is 3. The van der Waals surface area contributed by atoms with Crippen LogP contribution in [0.1, 0.15) is 15.9 Å². The number of nitrogens with zero attached hydrogens (tertiary/aromatic N) is 3. The Labute approximate surface area is 187 Å². The van der Waals surface area contributed by atoms with Gasteiger partial charge in [0.2, 0.25) is 6.79 Å². The quantitative estimate of drug-likeness (QED) is 0.281. The number of aromatic nitrogens is 1. The normalized spacial score (nSPS) is 12.2. The number of ether oxygens (including phenoxy) is 2. The molecule has 1 aliphatic heterocycles. The van der Waals surface area contributed by atoms with Crippen LogP contribution in [-0.2, 0) is 0 Å². The average Bonchev–Trinajstić information content (AvgIpc) is 3.30. The van der Waals surface area contributed by atoms with Crippen molar-refractivity contribution in [2.45, 2.75) is 0 Å². The molecule has 3 aromatic carbocycles. The van der Waals surface area contributed by atoms with Gasteiger partial charge >= 0.3 is 0 Å². The maximum absolute atomic E-state index is 13.0. The Hall–Kier alpha value is -4.79. The highest BCUT2D eigenvalue weighted by atomic mass is 16.7. The Bertz CT molecular complexity index is 1420. The molecule has 1 aliphatic rings. The van der Waals surface area contributed by atoms with Gasteiger partial charge in [0, 0.05) is 10.9 Å². The van der Waals surface area contributed by atoms with E-state index in [1.165, 1.54) is 18.3 Å². The van der Waals surface area contributed by atoms with E-state index in [1.807, 2.05) is 48.5 Å². The maximum atomic E-state index is 13.0. The van der Waals surface area contributed by atoms with Crippen LogP contribution in [0.3, 0.4) is 0 Å². The van der Waals surface area contributed by atoms with Crippen molar-refractivity contribution < 1.29 is 19.2 Å². The van der Waals surface area contributed by atoms with Crippen LogP contribution in [0.25, 0.3) is 22.2 Å². The van der Waals surface area contributed by atoms with Gasteiger partial charge < -0.3 is 9.47 Å². The van der Waals surface area contributed by atoms with Crippen molar-refractivity contribution in [3.63, 3.8) is 0 Å². The SMILES string of the molecule is O=C(N/N=C\c1cc2c(cc1[N+](=O)[O-])OCO2)c1cc(-c2ccccc2)nc2ccccc12. The second-order valence-corrected chi connectivity index (χ2v) is 7.16. The first-order chi connectivity index (χ1) is 16.1. The fraction of sp³-hybridized carbons (Fsp3) is 0.0417. The molecule has 1 N–H and O–H groups in total. The van der Waals surface area contributed by atoms with E-state index in [0.717, 1.165) is 5.56 Å². The molecular formula is C24H16N4O5. The van der Waals surface area contributed by atoms with Crippen molar-refractivity contribution >= 4 is 28.7 Å². The predicted octanol–water partition coefficient (Wildman–Crippen LogP) is 4.30. The van der Waals surface area contributed by atoms with Crippen LogP contribution in [0.2, 0.25) is 0 Å². The lowest BCUT2D eigenvalue weighted by molar-refractivity contribution is -0.385. The van der Waals surface area contributed by atoms with E-state index >= 15 is 0 Å². The number of hydrogen-bond acceptors (Lipinski definition) is 7. The monoisotopic (exact) mass is 440 g/mol. The molecule has 0 fully saturated rings. The van der Waals surface area contributed by atoms with Crippen LogP contribution in [0.15, 0.2) is 77.9 Å². The van der Waals surface area contributed by atoms with E-state index < -0.39 is 10.8 Å². The maximum Gasteiger partial charge on any atom is 0.282 e. The van der Waals surface area contributed by atoms with E-state index in [4.69, 9.17) is 9.47 Å². The van der Waals surface area contributed by atoms with E-state index in [0.29, 0.717) is 33.7 Å². The lowest BCUT2D eigenvalue weighted by Crippen LogP contribution is -2.18. The number of pyridine rings is 1. The Balaban J connectivity index is 1.47. The molecule has 0 bridgehead atoms. The van der Waals surface area contributed by atoms with Crippen molar-refractivity contribution in [3.05, 3.63) is 94.0 Å². The zero-order chi connectivity index (χ0) is 22.8. The molecule has 1 aromatic heterocycles. The molecule has 0 radical (unpaired) electrons. The molecule has 5 rings (SSSR count). The van der Waals surface area contributed by atoms with Gasteiger partial charge in [-0.3, -0.25) is 14.9 Å². The summed E-state index contributed by atoms with van der Waals surface area (Å²) in [7, 11) is 0.